The van der Waals surface area contributed by atoms with E-state index in [9.17, 15) is 24.0 Å². The average molecular weight is 667 g/mol. The molecule has 0 aliphatic rings. The Morgan fingerprint density at radius 3 is 2.04 bits per heavy atom. The van der Waals surface area contributed by atoms with Crippen molar-refractivity contribution < 1.29 is 33.4 Å². The van der Waals surface area contributed by atoms with Crippen LogP contribution in [0, 0.1) is 13.8 Å². The SMILES string of the molecule is CCCCN(C(=O)C(CCC(N)=O)NC(=O)OC(C)(C)C)C(C(=O)NC(Cc1ccccc1)C(=O)OC(C)(C)C)c1cc(C)ccc1C. The van der Waals surface area contributed by atoms with Crippen LogP contribution in [-0.2, 0) is 35.1 Å². The lowest BCUT2D eigenvalue weighted by Crippen LogP contribution is -2.55. The highest BCUT2D eigenvalue weighted by molar-refractivity contribution is 5.94. The number of hydrogen-bond acceptors (Lipinski definition) is 7. The van der Waals surface area contributed by atoms with Crippen molar-refractivity contribution in [2.45, 2.75) is 124 Å². The second-order valence-electron chi connectivity index (χ2n) is 14.1. The summed E-state index contributed by atoms with van der Waals surface area (Å²) in [5.74, 6) is -2.44. The van der Waals surface area contributed by atoms with Crippen LogP contribution in [0.1, 0.15) is 102 Å². The number of unbranched alkanes of at least 4 members (excludes halogenated alkanes) is 1. The molecule has 0 spiro atoms. The van der Waals surface area contributed by atoms with E-state index in [0.29, 0.717) is 18.4 Å². The lowest BCUT2D eigenvalue weighted by Gasteiger charge is -2.36. The van der Waals surface area contributed by atoms with Gasteiger partial charge in [-0.3, -0.25) is 14.4 Å². The number of primary amides is 1. The molecule has 0 saturated carbocycles. The number of carbonyl (C=O) groups is 5. The number of nitrogens with two attached hydrogens (primary N) is 1. The third kappa shape index (κ3) is 13.4. The Hall–Kier alpha value is -4.41. The van der Waals surface area contributed by atoms with Gasteiger partial charge in [0.2, 0.25) is 17.7 Å². The highest BCUT2D eigenvalue weighted by atomic mass is 16.6. The van der Waals surface area contributed by atoms with Crippen molar-refractivity contribution in [2.24, 2.45) is 5.73 Å². The van der Waals surface area contributed by atoms with E-state index >= 15 is 0 Å². The maximum Gasteiger partial charge on any atom is 0.408 e. The number of nitrogens with zero attached hydrogens (tertiary/aromatic N) is 1. The van der Waals surface area contributed by atoms with Crippen molar-refractivity contribution >= 4 is 29.8 Å². The van der Waals surface area contributed by atoms with Gasteiger partial charge in [0.05, 0.1) is 0 Å². The quantitative estimate of drug-likeness (QED) is 0.221. The third-order valence-electron chi connectivity index (χ3n) is 7.28. The van der Waals surface area contributed by atoms with Crippen LogP contribution in [0.2, 0.25) is 0 Å². The van der Waals surface area contributed by atoms with E-state index < -0.39 is 59.1 Å². The maximum absolute atomic E-state index is 14.6. The van der Waals surface area contributed by atoms with Crippen LogP contribution in [0.4, 0.5) is 4.79 Å². The smallest absolute Gasteiger partial charge is 0.408 e. The molecule has 0 aliphatic carbocycles. The van der Waals surface area contributed by atoms with Gasteiger partial charge in [-0.05, 0) is 84.9 Å². The van der Waals surface area contributed by atoms with E-state index in [2.05, 4.69) is 10.6 Å². The number of esters is 1. The molecule has 4 N–H and O–H groups in total. The molecule has 2 aromatic carbocycles. The van der Waals surface area contributed by atoms with E-state index in [1.165, 1.54) is 4.90 Å². The van der Waals surface area contributed by atoms with Gasteiger partial charge in [-0.2, -0.15) is 0 Å². The van der Waals surface area contributed by atoms with Gasteiger partial charge >= 0.3 is 12.1 Å². The summed E-state index contributed by atoms with van der Waals surface area (Å²) in [6.07, 6.45) is 0.254. The molecule has 264 valence electrons. The molecule has 0 fully saturated rings. The standard InChI is InChI=1S/C37H54N4O7/c1-10-11-21-41(33(44)28(19-20-30(38)42)40-35(46)48-37(7,8)9)31(27-22-24(2)17-18-25(27)3)32(43)39-29(34(45)47-36(4,5)6)23-26-15-13-12-14-16-26/h12-18,22,28-29,31H,10-11,19-21,23H2,1-9H3,(H2,38,42)(H,39,43)(H,40,46). The Labute approximate surface area is 285 Å². The highest BCUT2D eigenvalue weighted by Gasteiger charge is 2.39. The first-order valence-electron chi connectivity index (χ1n) is 16.5. The molecule has 0 saturated heterocycles. The molecule has 11 nitrogen and oxygen atoms in total. The number of carbonyl (C=O) groups excluding carboxylic acids is 5. The molecular weight excluding hydrogens is 612 g/mol. The summed E-state index contributed by atoms with van der Waals surface area (Å²) >= 11 is 0. The largest absolute Gasteiger partial charge is 0.458 e. The van der Waals surface area contributed by atoms with Crippen LogP contribution in [0.3, 0.4) is 0 Å². The molecular formula is C37H54N4O7. The first-order chi connectivity index (χ1) is 22.3. The fraction of sp³-hybridized carbons (Fsp3) is 0.541. The fourth-order valence-electron chi connectivity index (χ4n) is 5.06. The summed E-state index contributed by atoms with van der Waals surface area (Å²) in [4.78, 5) is 68.7. The van der Waals surface area contributed by atoms with Gasteiger partial charge in [0.25, 0.3) is 0 Å². The van der Waals surface area contributed by atoms with Gasteiger partial charge in [0.15, 0.2) is 0 Å². The summed E-state index contributed by atoms with van der Waals surface area (Å²) in [6.45, 7) is 16.2. The lowest BCUT2D eigenvalue weighted by atomic mass is 9.95. The van der Waals surface area contributed by atoms with Crippen molar-refractivity contribution in [2.75, 3.05) is 6.54 Å². The Balaban J connectivity index is 2.67. The molecule has 3 atom stereocenters. The van der Waals surface area contributed by atoms with Crippen molar-refractivity contribution in [1.29, 1.82) is 0 Å². The van der Waals surface area contributed by atoms with E-state index in [1.807, 2.05) is 69.3 Å². The molecule has 2 aromatic rings. The molecule has 0 heterocycles. The zero-order chi connectivity index (χ0) is 36.2. The normalized spacial score (nSPS) is 13.4. The van der Waals surface area contributed by atoms with E-state index in [1.54, 1.807) is 41.5 Å². The lowest BCUT2D eigenvalue weighted by molar-refractivity contribution is -0.159. The van der Waals surface area contributed by atoms with Gasteiger partial charge in [-0.15, -0.1) is 0 Å². The Morgan fingerprint density at radius 2 is 1.48 bits per heavy atom. The minimum atomic E-state index is -1.23. The topological polar surface area (TPSA) is 157 Å². The average Bonchev–Trinajstić information content (AvgIpc) is 2.96. The minimum absolute atomic E-state index is 0.105. The number of benzene rings is 2. The molecule has 11 heteroatoms. The van der Waals surface area contributed by atoms with Crippen LogP contribution in [0.5, 0.6) is 0 Å². The maximum atomic E-state index is 14.6. The van der Waals surface area contributed by atoms with Crippen LogP contribution in [-0.4, -0.2) is 64.5 Å². The second-order valence-corrected chi connectivity index (χ2v) is 14.1. The zero-order valence-electron chi connectivity index (χ0n) is 30.0. The number of amides is 4. The van der Waals surface area contributed by atoms with Gasteiger partial charge in [-0.1, -0.05) is 67.4 Å². The first-order valence-corrected chi connectivity index (χ1v) is 16.5. The predicted octanol–water partition coefficient (Wildman–Crippen LogP) is 5.20. The van der Waals surface area contributed by atoms with Crippen molar-refractivity contribution in [3.63, 3.8) is 0 Å². The number of rotatable bonds is 15. The highest BCUT2D eigenvalue weighted by Crippen LogP contribution is 2.28. The molecule has 0 radical (unpaired) electrons. The summed E-state index contributed by atoms with van der Waals surface area (Å²) in [7, 11) is 0. The molecule has 4 amide bonds. The fourth-order valence-corrected chi connectivity index (χ4v) is 5.06. The van der Waals surface area contributed by atoms with Crippen LogP contribution in [0.25, 0.3) is 0 Å². The zero-order valence-corrected chi connectivity index (χ0v) is 30.0. The Bertz CT molecular complexity index is 1410. The number of ether oxygens (including phenoxy) is 2. The number of hydrogen-bond donors (Lipinski definition) is 3. The van der Waals surface area contributed by atoms with Crippen LogP contribution in [0.15, 0.2) is 48.5 Å². The second kappa shape index (κ2) is 17.7. The summed E-state index contributed by atoms with van der Waals surface area (Å²) in [5.41, 5.74) is 6.76. The van der Waals surface area contributed by atoms with Crippen LogP contribution >= 0.6 is 0 Å². The monoisotopic (exact) mass is 666 g/mol. The van der Waals surface area contributed by atoms with E-state index in [-0.39, 0.29) is 25.8 Å². The number of aryl methyl sites for hydroxylation is 2. The Morgan fingerprint density at radius 1 is 0.854 bits per heavy atom. The first kappa shape index (κ1) is 39.8. The summed E-state index contributed by atoms with van der Waals surface area (Å²) in [6, 6.07) is 11.4. The molecule has 3 unspecified atom stereocenters. The molecule has 0 aromatic heterocycles. The molecule has 2 rings (SSSR count). The van der Waals surface area contributed by atoms with Gasteiger partial charge in [0.1, 0.15) is 29.3 Å². The van der Waals surface area contributed by atoms with Crippen LogP contribution < -0.4 is 16.4 Å². The number of nitrogens with one attached hydrogen (secondary N) is 2. The van der Waals surface area contributed by atoms with Crippen molar-refractivity contribution in [1.82, 2.24) is 15.5 Å². The number of alkyl carbamates (subject to hydrolysis) is 1. The van der Waals surface area contributed by atoms with E-state index in [4.69, 9.17) is 15.2 Å². The van der Waals surface area contributed by atoms with Crippen molar-refractivity contribution in [3.05, 3.63) is 70.8 Å². The molecule has 0 aliphatic heterocycles. The third-order valence-corrected chi connectivity index (χ3v) is 7.28. The minimum Gasteiger partial charge on any atom is -0.458 e. The van der Waals surface area contributed by atoms with Gasteiger partial charge in [-0.25, -0.2) is 9.59 Å². The summed E-state index contributed by atoms with van der Waals surface area (Å²) < 4.78 is 11.1. The van der Waals surface area contributed by atoms with Gasteiger partial charge < -0.3 is 30.7 Å². The van der Waals surface area contributed by atoms with Gasteiger partial charge in [0, 0.05) is 19.4 Å². The van der Waals surface area contributed by atoms with Crippen molar-refractivity contribution in [3.8, 4) is 0 Å². The summed E-state index contributed by atoms with van der Waals surface area (Å²) in [5, 5.41) is 5.52. The molecule has 48 heavy (non-hydrogen) atoms. The predicted molar refractivity (Wildman–Crippen MR) is 185 cm³/mol. The Kier molecular flexibility index (Phi) is 14.6. The molecule has 0 bridgehead atoms. The van der Waals surface area contributed by atoms with E-state index in [0.717, 1.165) is 16.7 Å².